The molecule has 2 aromatic carbocycles. The maximum absolute atomic E-state index is 13.0. The molecule has 0 saturated heterocycles. The largest absolute Gasteiger partial charge is 0.464 e. The second-order valence-electron chi connectivity index (χ2n) is 7.28. The quantitative estimate of drug-likeness (QED) is 0.506. The molecule has 1 amide bonds. The Bertz CT molecular complexity index is 992. The molecule has 3 rings (SSSR count). The van der Waals surface area contributed by atoms with Gasteiger partial charge in [0.25, 0.3) is 0 Å². The van der Waals surface area contributed by atoms with Crippen LogP contribution in [0.25, 0.3) is 11.0 Å². The molecule has 4 nitrogen and oxygen atoms in total. The highest BCUT2D eigenvalue weighted by atomic mass is 16.3. The maximum atomic E-state index is 13.0. The van der Waals surface area contributed by atoms with Crippen LogP contribution in [0.4, 0.5) is 0 Å². The zero-order chi connectivity index (χ0) is 19.9. The van der Waals surface area contributed by atoms with E-state index in [-0.39, 0.29) is 17.9 Å². The van der Waals surface area contributed by atoms with Gasteiger partial charge >= 0.3 is 0 Å². The number of carbonyl (C=O) groups is 1. The van der Waals surface area contributed by atoms with Gasteiger partial charge < -0.3 is 9.32 Å². The van der Waals surface area contributed by atoms with E-state index in [0.29, 0.717) is 29.5 Å². The van der Waals surface area contributed by atoms with Crippen LogP contribution in [0.5, 0.6) is 0 Å². The Morgan fingerprint density at radius 3 is 2.57 bits per heavy atom. The van der Waals surface area contributed by atoms with E-state index in [2.05, 4.69) is 6.92 Å². The van der Waals surface area contributed by atoms with Crippen molar-refractivity contribution in [2.75, 3.05) is 0 Å². The molecule has 1 aromatic heterocycles. The molecular weight excluding hydrogens is 350 g/mol. The van der Waals surface area contributed by atoms with Gasteiger partial charge in [-0.1, -0.05) is 61.7 Å². The van der Waals surface area contributed by atoms with Crippen molar-refractivity contribution in [3.8, 4) is 0 Å². The predicted octanol–water partition coefficient (Wildman–Crippen LogP) is 5.21. The first-order valence-corrected chi connectivity index (χ1v) is 9.91. The second-order valence-corrected chi connectivity index (χ2v) is 7.28. The summed E-state index contributed by atoms with van der Waals surface area (Å²) in [6.07, 6.45) is 4.96. The van der Waals surface area contributed by atoms with Crippen molar-refractivity contribution in [1.29, 1.82) is 0 Å². The van der Waals surface area contributed by atoms with Crippen molar-refractivity contribution < 1.29 is 9.21 Å². The molecule has 0 N–H and O–H groups in total. The van der Waals surface area contributed by atoms with Crippen LogP contribution in [0.1, 0.15) is 49.3 Å². The van der Waals surface area contributed by atoms with Crippen LogP contribution in [0.15, 0.2) is 64.0 Å². The van der Waals surface area contributed by atoms with Gasteiger partial charge in [-0.05, 0) is 31.0 Å². The molecule has 0 aliphatic heterocycles. The monoisotopic (exact) mass is 377 g/mol. The molecule has 3 aromatic rings. The van der Waals surface area contributed by atoms with Gasteiger partial charge in [0.05, 0.1) is 23.8 Å². The van der Waals surface area contributed by atoms with Crippen molar-refractivity contribution in [2.45, 2.75) is 52.6 Å². The van der Waals surface area contributed by atoms with E-state index >= 15 is 0 Å². The van der Waals surface area contributed by atoms with Crippen LogP contribution in [-0.2, 0) is 17.9 Å². The maximum Gasteiger partial charge on any atom is 0.223 e. The SMILES string of the molecule is CCCCCC(=O)N(Cc1ccccc1)Cc1coc2ccc(C)cc2c1=O. The molecule has 0 unspecified atom stereocenters. The molecule has 1 heterocycles. The third kappa shape index (κ3) is 4.89. The van der Waals surface area contributed by atoms with Crippen molar-refractivity contribution in [1.82, 2.24) is 4.90 Å². The Labute approximate surface area is 165 Å². The van der Waals surface area contributed by atoms with E-state index in [0.717, 1.165) is 30.4 Å². The summed E-state index contributed by atoms with van der Waals surface area (Å²) in [5.41, 5.74) is 3.08. The Hall–Kier alpha value is -2.88. The number of amides is 1. The summed E-state index contributed by atoms with van der Waals surface area (Å²) in [5, 5.41) is 0.565. The summed E-state index contributed by atoms with van der Waals surface area (Å²) >= 11 is 0. The lowest BCUT2D eigenvalue weighted by atomic mass is 10.1. The Morgan fingerprint density at radius 1 is 1.04 bits per heavy atom. The molecular formula is C24H27NO3. The number of nitrogens with zero attached hydrogens (tertiary/aromatic N) is 1. The molecule has 0 bridgehead atoms. The average molecular weight is 377 g/mol. The zero-order valence-corrected chi connectivity index (χ0v) is 16.6. The summed E-state index contributed by atoms with van der Waals surface area (Å²) in [7, 11) is 0. The molecule has 0 saturated carbocycles. The standard InChI is InChI=1S/C24H27NO3/c1-3-4-6-11-23(26)25(15-19-9-7-5-8-10-19)16-20-17-28-22-13-12-18(2)14-21(22)24(20)27/h5,7-10,12-14,17H,3-4,6,11,15-16H2,1-2H3. The fraction of sp³-hybridized carbons (Fsp3) is 0.333. The summed E-state index contributed by atoms with van der Waals surface area (Å²) in [6, 6.07) is 15.4. The van der Waals surface area contributed by atoms with Gasteiger partial charge in [0.1, 0.15) is 5.58 Å². The van der Waals surface area contributed by atoms with E-state index < -0.39 is 0 Å². The van der Waals surface area contributed by atoms with Gasteiger partial charge in [0, 0.05) is 13.0 Å². The fourth-order valence-corrected chi connectivity index (χ4v) is 3.32. The molecule has 4 heteroatoms. The van der Waals surface area contributed by atoms with Gasteiger partial charge in [-0.3, -0.25) is 9.59 Å². The molecule has 0 aliphatic rings. The predicted molar refractivity (Wildman–Crippen MR) is 112 cm³/mol. The fourth-order valence-electron chi connectivity index (χ4n) is 3.32. The molecule has 146 valence electrons. The number of rotatable bonds is 8. The minimum Gasteiger partial charge on any atom is -0.464 e. The zero-order valence-electron chi connectivity index (χ0n) is 16.6. The smallest absolute Gasteiger partial charge is 0.223 e. The molecule has 0 radical (unpaired) electrons. The van der Waals surface area contributed by atoms with Gasteiger partial charge in [0.2, 0.25) is 5.91 Å². The number of benzene rings is 2. The van der Waals surface area contributed by atoms with Gasteiger partial charge in [-0.25, -0.2) is 0 Å². The third-order valence-electron chi connectivity index (χ3n) is 4.92. The van der Waals surface area contributed by atoms with Crippen molar-refractivity contribution in [2.24, 2.45) is 0 Å². The highest BCUT2D eigenvalue weighted by Gasteiger charge is 2.17. The van der Waals surface area contributed by atoms with Crippen LogP contribution < -0.4 is 5.43 Å². The third-order valence-corrected chi connectivity index (χ3v) is 4.92. The number of fused-ring (bicyclic) bond motifs is 1. The Kier molecular flexibility index (Phi) is 6.64. The van der Waals surface area contributed by atoms with Crippen LogP contribution in [0, 0.1) is 6.92 Å². The summed E-state index contributed by atoms with van der Waals surface area (Å²) in [6.45, 7) is 4.81. The van der Waals surface area contributed by atoms with E-state index in [9.17, 15) is 9.59 Å². The van der Waals surface area contributed by atoms with E-state index in [1.54, 1.807) is 4.90 Å². The normalized spacial score (nSPS) is 10.9. The number of aryl methyl sites for hydroxylation is 1. The molecule has 0 spiro atoms. The Balaban J connectivity index is 1.87. The summed E-state index contributed by atoms with van der Waals surface area (Å²) in [4.78, 5) is 27.6. The first-order chi connectivity index (χ1) is 13.6. The lowest BCUT2D eigenvalue weighted by Gasteiger charge is -2.23. The summed E-state index contributed by atoms with van der Waals surface area (Å²) < 4.78 is 5.67. The minimum atomic E-state index is -0.0654. The Morgan fingerprint density at radius 2 is 1.82 bits per heavy atom. The summed E-state index contributed by atoms with van der Waals surface area (Å²) in [5.74, 6) is 0.0704. The van der Waals surface area contributed by atoms with Gasteiger partial charge in [-0.15, -0.1) is 0 Å². The highest BCUT2D eigenvalue weighted by molar-refractivity contribution is 5.78. The lowest BCUT2D eigenvalue weighted by molar-refractivity contribution is -0.132. The number of carbonyl (C=O) groups excluding carboxylic acids is 1. The average Bonchev–Trinajstić information content (AvgIpc) is 2.70. The van der Waals surface area contributed by atoms with Crippen LogP contribution in [0.2, 0.25) is 0 Å². The first kappa shape index (κ1) is 19.9. The first-order valence-electron chi connectivity index (χ1n) is 9.91. The molecule has 0 fully saturated rings. The molecule has 0 aliphatic carbocycles. The van der Waals surface area contributed by atoms with Crippen LogP contribution in [-0.4, -0.2) is 10.8 Å². The lowest BCUT2D eigenvalue weighted by Crippen LogP contribution is -2.31. The van der Waals surface area contributed by atoms with E-state index in [4.69, 9.17) is 4.42 Å². The van der Waals surface area contributed by atoms with Crippen LogP contribution in [0.3, 0.4) is 0 Å². The second kappa shape index (κ2) is 9.36. The van der Waals surface area contributed by atoms with Crippen molar-refractivity contribution in [3.05, 3.63) is 81.7 Å². The van der Waals surface area contributed by atoms with E-state index in [1.165, 1.54) is 6.26 Å². The molecule has 0 atom stereocenters. The van der Waals surface area contributed by atoms with Crippen LogP contribution >= 0.6 is 0 Å². The minimum absolute atomic E-state index is 0.0654. The van der Waals surface area contributed by atoms with Crippen molar-refractivity contribution in [3.63, 3.8) is 0 Å². The number of unbranched alkanes of at least 4 members (excludes halogenated alkanes) is 2. The molecule has 28 heavy (non-hydrogen) atoms. The topological polar surface area (TPSA) is 50.5 Å². The van der Waals surface area contributed by atoms with Gasteiger partial charge in [-0.2, -0.15) is 0 Å². The van der Waals surface area contributed by atoms with E-state index in [1.807, 2.05) is 55.5 Å². The van der Waals surface area contributed by atoms with Gasteiger partial charge in [0.15, 0.2) is 5.43 Å². The van der Waals surface area contributed by atoms with Crippen molar-refractivity contribution >= 4 is 16.9 Å². The highest BCUT2D eigenvalue weighted by Crippen LogP contribution is 2.16. The number of hydrogen-bond acceptors (Lipinski definition) is 3. The number of hydrogen-bond donors (Lipinski definition) is 0.